The van der Waals surface area contributed by atoms with E-state index >= 15 is 0 Å². The van der Waals surface area contributed by atoms with E-state index in [4.69, 9.17) is 23.7 Å². The summed E-state index contributed by atoms with van der Waals surface area (Å²) in [4.78, 5) is 27.0. The SMILES string of the molecule is CCc1cc(Oc2ccc(OC(=O)Oc3ccc(C(=Cc4ccc(N(c5ccc(C)cc5)c5ccc(C)cc5)cc4)c4ccc(OC(C)=O)cc4)cc3)c(CC)c2)ccc1OC. The van der Waals surface area contributed by atoms with Gasteiger partial charge in [0.15, 0.2) is 0 Å². The Morgan fingerprint density at radius 2 is 0.952 bits per heavy atom. The van der Waals surface area contributed by atoms with Gasteiger partial charge < -0.3 is 28.6 Å². The summed E-state index contributed by atoms with van der Waals surface area (Å²) in [5.74, 6) is 2.91. The number of nitrogens with zero attached hydrogens (tertiary/aromatic N) is 1. The van der Waals surface area contributed by atoms with Crippen LogP contribution in [-0.4, -0.2) is 19.2 Å². The molecular weight excluding hydrogens is 775 g/mol. The van der Waals surface area contributed by atoms with Gasteiger partial charge in [0, 0.05) is 24.0 Å². The maximum absolute atomic E-state index is 13.1. The lowest BCUT2D eigenvalue weighted by molar-refractivity contribution is -0.131. The molecule has 0 radical (unpaired) electrons. The summed E-state index contributed by atoms with van der Waals surface area (Å²) in [6.45, 7) is 9.59. The van der Waals surface area contributed by atoms with Crippen LogP contribution < -0.4 is 28.6 Å². The second-order valence-corrected chi connectivity index (χ2v) is 14.8. The smallest absolute Gasteiger partial charge is 0.496 e. The molecule has 0 heterocycles. The third-order valence-electron chi connectivity index (χ3n) is 10.3. The topological polar surface area (TPSA) is 83.5 Å². The van der Waals surface area contributed by atoms with Gasteiger partial charge in [0.2, 0.25) is 0 Å². The van der Waals surface area contributed by atoms with Crippen LogP contribution in [0.2, 0.25) is 0 Å². The van der Waals surface area contributed by atoms with Crippen molar-refractivity contribution >= 4 is 40.8 Å². The van der Waals surface area contributed by atoms with Gasteiger partial charge in [-0.2, -0.15) is 0 Å². The van der Waals surface area contributed by atoms with E-state index in [1.54, 1.807) is 43.5 Å². The molecule has 0 aromatic heterocycles. The summed E-state index contributed by atoms with van der Waals surface area (Å²) in [5, 5.41) is 0. The molecule has 0 aliphatic heterocycles. The Labute approximate surface area is 363 Å². The van der Waals surface area contributed by atoms with Gasteiger partial charge in [-0.15, -0.1) is 0 Å². The molecule has 0 saturated carbocycles. The van der Waals surface area contributed by atoms with E-state index in [0.29, 0.717) is 35.2 Å². The van der Waals surface area contributed by atoms with Crippen LogP contribution >= 0.6 is 0 Å². The molecule has 0 N–H and O–H groups in total. The highest BCUT2D eigenvalue weighted by atomic mass is 16.7. The van der Waals surface area contributed by atoms with Crippen molar-refractivity contribution in [1.82, 2.24) is 0 Å². The zero-order valence-electron chi connectivity index (χ0n) is 35.8. The second kappa shape index (κ2) is 19.7. The van der Waals surface area contributed by atoms with E-state index in [9.17, 15) is 9.59 Å². The molecule has 0 amide bonds. The summed E-state index contributed by atoms with van der Waals surface area (Å²) in [7, 11) is 1.65. The van der Waals surface area contributed by atoms with Crippen molar-refractivity contribution in [2.45, 2.75) is 47.5 Å². The highest BCUT2D eigenvalue weighted by Crippen LogP contribution is 2.37. The summed E-state index contributed by atoms with van der Waals surface area (Å²) in [6, 6.07) is 51.1. The number of methoxy groups -OCH3 is 1. The molecule has 312 valence electrons. The van der Waals surface area contributed by atoms with E-state index < -0.39 is 6.16 Å². The Balaban J connectivity index is 1.11. The molecule has 0 unspecified atom stereocenters. The van der Waals surface area contributed by atoms with Gasteiger partial charge in [0.25, 0.3) is 0 Å². The molecule has 0 bridgehead atoms. The molecule has 0 atom stereocenters. The Morgan fingerprint density at radius 3 is 1.42 bits per heavy atom. The van der Waals surface area contributed by atoms with Crippen molar-refractivity contribution < 1.29 is 33.3 Å². The Bertz CT molecular complexity index is 2620. The number of carbonyl (C=O) groups is 2. The van der Waals surface area contributed by atoms with E-state index in [0.717, 1.165) is 62.6 Å². The number of hydrogen-bond acceptors (Lipinski definition) is 8. The normalized spacial score (nSPS) is 11.1. The number of esters is 1. The molecule has 0 fully saturated rings. The molecule has 8 nitrogen and oxygen atoms in total. The summed E-state index contributed by atoms with van der Waals surface area (Å²) < 4.78 is 28.2. The van der Waals surface area contributed by atoms with Crippen molar-refractivity contribution in [1.29, 1.82) is 0 Å². The van der Waals surface area contributed by atoms with E-state index in [2.05, 4.69) is 105 Å². The van der Waals surface area contributed by atoms with Crippen LogP contribution in [0.5, 0.6) is 34.5 Å². The monoisotopic (exact) mass is 823 g/mol. The second-order valence-electron chi connectivity index (χ2n) is 14.8. The standard InChI is InChI=1S/C54H49NO7/c1-7-40-34-49(29-31-52(40)58-6)60-50-30-32-53(41(8-2)35-50)62-54(57)61-48-27-17-43(18-28-48)51(42-15-25-47(26-16-42)59-38(5)56)33-39-13-23-46(24-14-39)55(44-19-9-36(3)10-20-44)45-21-11-37(4)12-22-45/h9-35H,7-8H2,1-6H3. The maximum atomic E-state index is 13.1. The van der Waals surface area contributed by atoms with Crippen molar-refractivity contribution in [3.05, 3.63) is 197 Å². The molecule has 0 aliphatic rings. The molecule has 0 spiro atoms. The average molecular weight is 824 g/mol. The number of rotatable bonds is 14. The number of benzene rings is 7. The number of hydrogen-bond donors (Lipinski definition) is 0. The van der Waals surface area contributed by atoms with Crippen molar-refractivity contribution in [2.24, 2.45) is 0 Å². The Kier molecular flexibility index (Phi) is 13.5. The first-order valence-electron chi connectivity index (χ1n) is 20.6. The van der Waals surface area contributed by atoms with Gasteiger partial charge in [-0.1, -0.05) is 85.6 Å². The highest BCUT2D eigenvalue weighted by molar-refractivity contribution is 5.92. The fourth-order valence-corrected chi connectivity index (χ4v) is 7.06. The molecule has 8 heteroatoms. The first-order chi connectivity index (χ1) is 30.1. The van der Waals surface area contributed by atoms with Crippen molar-refractivity contribution in [2.75, 3.05) is 12.0 Å². The molecule has 0 aliphatic carbocycles. The minimum atomic E-state index is -0.855. The highest BCUT2D eigenvalue weighted by Gasteiger charge is 2.16. The molecule has 7 aromatic rings. The zero-order chi connectivity index (χ0) is 43.6. The largest absolute Gasteiger partial charge is 0.519 e. The van der Waals surface area contributed by atoms with Gasteiger partial charge in [0.05, 0.1) is 7.11 Å². The minimum Gasteiger partial charge on any atom is -0.496 e. The summed E-state index contributed by atoms with van der Waals surface area (Å²) in [5.41, 5.74) is 11.0. The molecule has 62 heavy (non-hydrogen) atoms. The first kappa shape index (κ1) is 42.5. The Morgan fingerprint density at radius 1 is 0.516 bits per heavy atom. The third kappa shape index (κ3) is 10.6. The lowest BCUT2D eigenvalue weighted by atomic mass is 9.95. The van der Waals surface area contributed by atoms with Crippen LogP contribution in [0.15, 0.2) is 158 Å². The zero-order valence-corrected chi connectivity index (χ0v) is 35.8. The van der Waals surface area contributed by atoms with Gasteiger partial charge in [-0.3, -0.25) is 4.79 Å². The van der Waals surface area contributed by atoms with E-state index in [1.165, 1.54) is 18.1 Å². The van der Waals surface area contributed by atoms with Gasteiger partial charge >= 0.3 is 12.1 Å². The quantitative estimate of drug-likeness (QED) is 0.0464. The fourth-order valence-electron chi connectivity index (χ4n) is 7.06. The number of carbonyl (C=O) groups excluding carboxylic acids is 2. The number of ether oxygens (including phenoxy) is 5. The van der Waals surface area contributed by atoms with Crippen LogP contribution in [0.1, 0.15) is 59.7 Å². The predicted octanol–water partition coefficient (Wildman–Crippen LogP) is 13.8. The molecule has 7 rings (SSSR count). The first-order valence-corrected chi connectivity index (χ1v) is 20.6. The van der Waals surface area contributed by atoms with E-state index in [1.807, 2.05) is 55.5 Å². The van der Waals surface area contributed by atoms with Gasteiger partial charge in [0.1, 0.15) is 34.5 Å². The Hall–Kier alpha value is -7.58. The predicted molar refractivity (Wildman–Crippen MR) is 247 cm³/mol. The number of aryl methyl sites for hydroxylation is 4. The van der Waals surface area contributed by atoms with E-state index in [-0.39, 0.29) is 5.97 Å². The van der Waals surface area contributed by atoms with Crippen molar-refractivity contribution in [3.8, 4) is 34.5 Å². The van der Waals surface area contributed by atoms with Gasteiger partial charge in [-0.05, 0) is 163 Å². The molecular formula is C54H49NO7. The van der Waals surface area contributed by atoms with Crippen molar-refractivity contribution in [3.63, 3.8) is 0 Å². The molecule has 0 saturated heterocycles. The maximum Gasteiger partial charge on any atom is 0.519 e. The molecule has 7 aromatic carbocycles. The van der Waals surface area contributed by atoms with Crippen LogP contribution in [0, 0.1) is 13.8 Å². The van der Waals surface area contributed by atoms with Crippen LogP contribution in [0.4, 0.5) is 21.9 Å². The third-order valence-corrected chi connectivity index (χ3v) is 10.3. The van der Waals surface area contributed by atoms with Crippen LogP contribution in [0.3, 0.4) is 0 Å². The van der Waals surface area contributed by atoms with Gasteiger partial charge in [-0.25, -0.2) is 4.79 Å². The lowest BCUT2D eigenvalue weighted by Gasteiger charge is -2.26. The lowest BCUT2D eigenvalue weighted by Crippen LogP contribution is -2.14. The average Bonchev–Trinajstić information content (AvgIpc) is 3.28. The number of anilines is 3. The summed E-state index contributed by atoms with van der Waals surface area (Å²) in [6.07, 6.45) is 2.66. The minimum absolute atomic E-state index is 0.323. The van der Waals surface area contributed by atoms with Crippen LogP contribution in [0.25, 0.3) is 11.6 Å². The van der Waals surface area contributed by atoms with Crippen LogP contribution in [-0.2, 0) is 17.6 Å². The fraction of sp³-hybridized carbons (Fsp3) is 0.148. The summed E-state index contributed by atoms with van der Waals surface area (Å²) >= 11 is 0.